The number of anilines is 1. The number of benzene rings is 2. The molecule has 1 amide bonds. The molecule has 1 saturated heterocycles. The molecule has 14 heteroatoms. The molecule has 180 valence electrons. The molecule has 2 aliphatic rings. The molecule has 1 aliphatic carbocycles. The molecule has 4 rings (SSSR count). The van der Waals surface area contributed by atoms with Gasteiger partial charge in [0.2, 0.25) is 34.9 Å². The van der Waals surface area contributed by atoms with Gasteiger partial charge in [-0.2, -0.15) is 8.78 Å². The van der Waals surface area contributed by atoms with Crippen LogP contribution >= 0.6 is 0 Å². The van der Waals surface area contributed by atoms with E-state index in [4.69, 9.17) is 0 Å². The van der Waals surface area contributed by atoms with Crippen molar-refractivity contribution in [2.75, 3.05) is 11.5 Å². The molecular weight excluding hydrogens is 492 g/mol. The minimum atomic E-state index is -4.39. The number of halogens is 10. The third-order valence-corrected chi connectivity index (χ3v) is 5.11. The Kier molecular flexibility index (Phi) is 5.29. The van der Waals surface area contributed by atoms with Crippen molar-refractivity contribution < 1.29 is 58.2 Å². The Hall–Kier alpha value is -3.71. The van der Waals surface area contributed by atoms with Crippen LogP contribution in [0.1, 0.15) is 0 Å². The van der Waals surface area contributed by atoms with E-state index in [0.29, 0.717) is 0 Å². The summed E-state index contributed by atoms with van der Waals surface area (Å²) in [6, 6.07) is 5.64. The highest BCUT2D eigenvalue weighted by Gasteiger charge is 2.76. The second kappa shape index (κ2) is 7.67. The minimum absolute atomic E-state index is 0.268. The van der Waals surface area contributed by atoms with Crippen molar-refractivity contribution in [3.63, 3.8) is 0 Å². The van der Waals surface area contributed by atoms with Gasteiger partial charge in [0.05, 0.1) is 5.69 Å². The van der Waals surface area contributed by atoms with Crippen molar-refractivity contribution >= 4 is 11.8 Å². The van der Waals surface area contributed by atoms with Crippen molar-refractivity contribution in [3.8, 4) is 5.75 Å². The zero-order valence-electron chi connectivity index (χ0n) is 16.0. The lowest BCUT2D eigenvalue weighted by Crippen LogP contribution is -2.61. The number of amides is 1. The van der Waals surface area contributed by atoms with Crippen LogP contribution in [0.5, 0.6) is 5.75 Å². The van der Waals surface area contributed by atoms with Crippen LogP contribution in [0.25, 0.3) is 0 Å². The number of fused-ring (bicyclic) bond motifs is 1. The van der Waals surface area contributed by atoms with E-state index >= 15 is 4.39 Å². The molecule has 2 atom stereocenters. The SMILES string of the molecule is O=C1O[C@]2(COc3c(F)c(F)c(F)c(F)c3F)C(F)=C(F)C(F)=C(F)[C@]2(F)N1c1ccccc1. The van der Waals surface area contributed by atoms with E-state index < -0.39 is 87.9 Å². The summed E-state index contributed by atoms with van der Waals surface area (Å²) >= 11 is 0. The number of para-hydroxylation sites is 1. The number of nitrogens with zero attached hydrogens (tertiary/aromatic N) is 1. The maximum absolute atomic E-state index is 16.2. The second-order valence-electron chi connectivity index (χ2n) is 6.93. The average molecular weight is 499 g/mol. The Bertz CT molecular complexity index is 1250. The highest BCUT2D eigenvalue weighted by molar-refractivity contribution is 5.94. The standard InChI is InChI=1S/C20H7F10NO3/c21-8-9(22)11(24)15(12(25)10(8)23)33-6-19-16(28)13(26)14(27)17(29)20(19,30)31(18(32)34-19)7-4-2-1-3-5-7/h1-5H,6H2/t19-,20+/m1/s1. The van der Waals surface area contributed by atoms with Crippen LogP contribution in [0.2, 0.25) is 0 Å². The van der Waals surface area contributed by atoms with Gasteiger partial charge in [0.1, 0.15) is 6.61 Å². The van der Waals surface area contributed by atoms with Gasteiger partial charge < -0.3 is 9.47 Å². The topological polar surface area (TPSA) is 38.8 Å². The van der Waals surface area contributed by atoms with Gasteiger partial charge in [-0.1, -0.05) is 18.2 Å². The maximum atomic E-state index is 16.2. The first-order chi connectivity index (χ1) is 15.9. The van der Waals surface area contributed by atoms with E-state index in [-0.39, 0.29) is 4.90 Å². The number of carbonyl (C=O) groups excluding carboxylic acids is 1. The summed E-state index contributed by atoms with van der Waals surface area (Å²) in [6.45, 7) is -2.09. The summed E-state index contributed by atoms with van der Waals surface area (Å²) in [7, 11) is 0. The molecule has 0 N–H and O–H groups in total. The molecule has 1 fully saturated rings. The minimum Gasteiger partial charge on any atom is -0.482 e. The molecule has 0 unspecified atom stereocenters. The van der Waals surface area contributed by atoms with Gasteiger partial charge in [-0.3, -0.25) is 0 Å². The zero-order valence-corrected chi connectivity index (χ0v) is 16.0. The largest absolute Gasteiger partial charge is 0.482 e. The lowest BCUT2D eigenvalue weighted by Gasteiger charge is -2.39. The summed E-state index contributed by atoms with van der Waals surface area (Å²) < 4.78 is 151. The molecule has 0 spiro atoms. The van der Waals surface area contributed by atoms with Gasteiger partial charge in [0, 0.05) is 0 Å². The van der Waals surface area contributed by atoms with Crippen LogP contribution in [0, 0.1) is 29.1 Å². The Labute approximate surface area is 182 Å². The van der Waals surface area contributed by atoms with E-state index in [9.17, 15) is 44.3 Å². The van der Waals surface area contributed by atoms with Crippen LogP contribution in [0.4, 0.5) is 54.4 Å². The average Bonchev–Trinajstić information content (AvgIpc) is 3.07. The highest BCUT2D eigenvalue weighted by atomic mass is 19.2. The van der Waals surface area contributed by atoms with Crippen molar-refractivity contribution in [1.82, 2.24) is 0 Å². The monoisotopic (exact) mass is 499 g/mol. The first-order valence-corrected chi connectivity index (χ1v) is 8.93. The quantitative estimate of drug-likeness (QED) is 0.220. The van der Waals surface area contributed by atoms with Gasteiger partial charge in [0.15, 0.2) is 23.2 Å². The number of hydrogen-bond donors (Lipinski definition) is 0. The van der Waals surface area contributed by atoms with Crippen molar-refractivity contribution in [3.05, 3.63) is 82.7 Å². The maximum Gasteiger partial charge on any atom is 0.418 e. The van der Waals surface area contributed by atoms with E-state index in [1.54, 1.807) is 0 Å². The van der Waals surface area contributed by atoms with Crippen molar-refractivity contribution in [2.24, 2.45) is 0 Å². The van der Waals surface area contributed by atoms with Crippen LogP contribution < -0.4 is 9.64 Å². The normalized spacial score (nSPS) is 24.5. The smallest absolute Gasteiger partial charge is 0.418 e. The van der Waals surface area contributed by atoms with Crippen LogP contribution in [0.15, 0.2) is 53.6 Å². The summed E-state index contributed by atoms with van der Waals surface area (Å²) in [5.74, 6) is -30.1. The zero-order chi connectivity index (χ0) is 25.2. The van der Waals surface area contributed by atoms with Crippen LogP contribution in [0.3, 0.4) is 0 Å². The predicted molar refractivity (Wildman–Crippen MR) is 92.2 cm³/mol. The van der Waals surface area contributed by atoms with Gasteiger partial charge in [0.25, 0.3) is 11.4 Å². The third kappa shape index (κ3) is 2.83. The van der Waals surface area contributed by atoms with Gasteiger partial charge in [-0.05, 0) is 12.1 Å². The first kappa shape index (κ1) is 23.4. The fourth-order valence-corrected chi connectivity index (χ4v) is 3.48. The van der Waals surface area contributed by atoms with Crippen molar-refractivity contribution in [2.45, 2.75) is 11.4 Å². The summed E-state index contributed by atoms with van der Waals surface area (Å²) in [6.07, 6.45) is -1.93. The molecule has 2 aromatic carbocycles. The second-order valence-corrected chi connectivity index (χ2v) is 6.93. The number of allylic oxidation sites excluding steroid dienone is 2. The number of ether oxygens (including phenoxy) is 2. The summed E-state index contributed by atoms with van der Waals surface area (Å²) in [4.78, 5) is 12.2. The van der Waals surface area contributed by atoms with Gasteiger partial charge >= 0.3 is 6.09 Å². The lowest BCUT2D eigenvalue weighted by molar-refractivity contribution is -0.0710. The number of rotatable bonds is 4. The summed E-state index contributed by atoms with van der Waals surface area (Å²) in [5, 5.41) is 0. The molecule has 4 nitrogen and oxygen atoms in total. The highest BCUT2D eigenvalue weighted by Crippen LogP contribution is 2.57. The Balaban J connectivity index is 1.89. The molecular formula is C20H7F10NO3. The Morgan fingerprint density at radius 1 is 0.765 bits per heavy atom. The third-order valence-electron chi connectivity index (χ3n) is 5.11. The Morgan fingerprint density at radius 3 is 1.82 bits per heavy atom. The van der Waals surface area contributed by atoms with Crippen LogP contribution in [-0.4, -0.2) is 24.1 Å². The number of carbonyl (C=O) groups is 1. The lowest BCUT2D eigenvalue weighted by atomic mass is 9.84. The van der Waals surface area contributed by atoms with E-state index in [2.05, 4.69) is 9.47 Å². The molecule has 0 bridgehead atoms. The molecule has 0 aromatic heterocycles. The van der Waals surface area contributed by atoms with E-state index in [0.717, 1.165) is 12.1 Å². The molecule has 2 aromatic rings. The van der Waals surface area contributed by atoms with Crippen molar-refractivity contribution in [1.29, 1.82) is 0 Å². The predicted octanol–water partition coefficient (Wildman–Crippen LogP) is 6.14. The first-order valence-electron chi connectivity index (χ1n) is 8.93. The van der Waals surface area contributed by atoms with E-state index in [1.807, 2.05) is 0 Å². The molecule has 1 heterocycles. The van der Waals surface area contributed by atoms with Gasteiger partial charge in [-0.25, -0.2) is 44.8 Å². The van der Waals surface area contributed by atoms with Crippen LogP contribution in [-0.2, 0) is 4.74 Å². The number of alkyl halides is 1. The van der Waals surface area contributed by atoms with E-state index in [1.165, 1.54) is 18.2 Å². The molecule has 34 heavy (non-hydrogen) atoms. The Morgan fingerprint density at radius 2 is 1.26 bits per heavy atom. The van der Waals surface area contributed by atoms with Gasteiger partial charge in [-0.15, -0.1) is 0 Å². The fourth-order valence-electron chi connectivity index (χ4n) is 3.48. The molecule has 0 radical (unpaired) electrons. The molecule has 0 saturated carbocycles. The number of hydrogen-bond acceptors (Lipinski definition) is 3. The fraction of sp³-hybridized carbons (Fsp3) is 0.150. The molecule has 1 aliphatic heterocycles. The summed E-state index contributed by atoms with van der Waals surface area (Å²) in [5.41, 5.74) is -4.50.